The summed E-state index contributed by atoms with van der Waals surface area (Å²) in [5.41, 5.74) is 17.9. The normalized spacial score (nSPS) is 12.3. The summed E-state index contributed by atoms with van der Waals surface area (Å²) in [4.78, 5) is 0. The summed E-state index contributed by atoms with van der Waals surface area (Å²) in [6.45, 7) is 25.0. The Kier molecular flexibility index (Phi) is 14.0. The summed E-state index contributed by atoms with van der Waals surface area (Å²) in [7, 11) is 7.17. The van der Waals surface area contributed by atoms with E-state index in [9.17, 15) is 0 Å². The second-order valence-corrected chi connectivity index (χ2v) is 23.4. The zero-order valence-corrected chi connectivity index (χ0v) is 42.3. The van der Waals surface area contributed by atoms with Gasteiger partial charge in [-0.1, -0.05) is 196 Å². The van der Waals surface area contributed by atoms with Crippen LogP contribution in [0.25, 0.3) is 66.7 Å². The summed E-state index contributed by atoms with van der Waals surface area (Å²) in [6, 6.07) is 53.4. The van der Waals surface area contributed by atoms with Crippen LogP contribution in [0.15, 0.2) is 168 Å². The van der Waals surface area contributed by atoms with E-state index in [4.69, 9.17) is 4.42 Å². The van der Waals surface area contributed by atoms with Crippen LogP contribution in [-0.2, 0) is 20.1 Å². The van der Waals surface area contributed by atoms with Gasteiger partial charge in [-0.25, -0.2) is 0 Å². The number of rotatable bonds is 9. The Morgan fingerprint density at radius 2 is 1.22 bits per heavy atom. The molecule has 0 saturated carbocycles. The van der Waals surface area contributed by atoms with Crippen LogP contribution >= 0.6 is 0 Å². The van der Waals surface area contributed by atoms with Crippen LogP contribution < -0.4 is 14.3 Å². The molecule has 0 amide bonds. The Hall–Kier alpha value is -6.23. The Morgan fingerprint density at radius 1 is 0.615 bits per heavy atom. The van der Waals surface area contributed by atoms with E-state index >= 15 is 0 Å². The van der Waals surface area contributed by atoms with Gasteiger partial charge in [0.25, 0.3) is 0 Å². The number of aromatic nitrogens is 2. The topological polar surface area (TPSA) is 20.9 Å². The van der Waals surface area contributed by atoms with Gasteiger partial charge in [-0.05, 0) is 51.9 Å². The fraction of sp³-hybridized carbons (Fsp3) is 0.167. The SMILES string of the molecule is [CH2-]c1cc(-c2ccccc2)ccc1-c1cc(C(C)CC)c([Si](C)(C)C)c[n+]1[CH2-].[CH2-]c1cc(C)c2c(oc3ccc(-c4ccccc4)cc32)c1-c1cc(C(C)c2ccccc2)cc[n+]1[CH2-].[Ir]. The van der Waals surface area contributed by atoms with Gasteiger partial charge in [0.2, 0.25) is 0 Å². The van der Waals surface area contributed by atoms with Crippen molar-refractivity contribution in [2.24, 2.45) is 0 Å². The number of fused-ring (bicyclic) bond motifs is 3. The van der Waals surface area contributed by atoms with Crippen LogP contribution in [0.4, 0.5) is 0 Å². The Bertz CT molecular complexity index is 3100. The van der Waals surface area contributed by atoms with E-state index in [2.05, 4.69) is 221 Å². The number of hydrogen-bond acceptors (Lipinski definition) is 1. The number of benzene rings is 6. The molecule has 331 valence electrons. The van der Waals surface area contributed by atoms with Gasteiger partial charge in [0, 0.05) is 50.9 Å². The molecule has 3 nitrogen and oxygen atoms in total. The maximum Gasteiger partial charge on any atom is 0.133 e. The molecule has 0 spiro atoms. The molecular formula is C60H60IrN2OSi-2. The van der Waals surface area contributed by atoms with Crippen LogP contribution in [0.3, 0.4) is 0 Å². The summed E-state index contributed by atoms with van der Waals surface area (Å²) in [5, 5.41) is 3.76. The molecule has 6 aromatic carbocycles. The molecule has 0 aliphatic rings. The van der Waals surface area contributed by atoms with Gasteiger partial charge in [0.1, 0.15) is 5.58 Å². The fourth-order valence-corrected chi connectivity index (χ4v) is 10.7. The minimum atomic E-state index is -1.46. The molecule has 0 aliphatic carbocycles. The van der Waals surface area contributed by atoms with E-state index in [1.807, 2.05) is 27.5 Å². The Balaban J connectivity index is 0.000000197. The molecule has 65 heavy (non-hydrogen) atoms. The Morgan fingerprint density at radius 3 is 1.82 bits per heavy atom. The average molecular weight is 1050 g/mol. The number of furan rings is 1. The van der Waals surface area contributed by atoms with Crippen LogP contribution in [-0.4, -0.2) is 8.07 Å². The molecule has 0 fully saturated rings. The van der Waals surface area contributed by atoms with Crippen LogP contribution in [0, 0.1) is 34.9 Å². The smallest absolute Gasteiger partial charge is 0.133 e. The molecule has 0 saturated heterocycles. The molecule has 2 atom stereocenters. The van der Waals surface area contributed by atoms with Crippen molar-refractivity contribution in [3.05, 3.63) is 225 Å². The van der Waals surface area contributed by atoms with Gasteiger partial charge in [-0.2, -0.15) is 37.1 Å². The van der Waals surface area contributed by atoms with Crippen molar-refractivity contribution in [3.8, 4) is 44.8 Å². The fourth-order valence-electron chi connectivity index (χ4n) is 9.02. The number of pyridine rings is 2. The third-order valence-electron chi connectivity index (χ3n) is 12.9. The van der Waals surface area contributed by atoms with Crippen molar-refractivity contribution in [3.63, 3.8) is 0 Å². The third-order valence-corrected chi connectivity index (χ3v) is 14.9. The Labute approximate surface area is 402 Å². The molecule has 3 aromatic heterocycles. The second kappa shape index (κ2) is 19.5. The minimum absolute atomic E-state index is 0. The van der Waals surface area contributed by atoms with E-state index < -0.39 is 8.07 Å². The van der Waals surface area contributed by atoms with E-state index in [1.165, 1.54) is 44.1 Å². The van der Waals surface area contributed by atoms with Crippen molar-refractivity contribution in [2.45, 2.75) is 65.6 Å². The zero-order chi connectivity index (χ0) is 45.3. The summed E-state index contributed by atoms with van der Waals surface area (Å²) < 4.78 is 10.5. The summed E-state index contributed by atoms with van der Waals surface area (Å²) in [5.74, 6) is 0.794. The maximum absolute atomic E-state index is 6.55. The molecular weight excluding hydrogens is 985 g/mol. The molecule has 0 N–H and O–H groups in total. The monoisotopic (exact) mass is 1050 g/mol. The second-order valence-electron chi connectivity index (χ2n) is 18.4. The maximum atomic E-state index is 6.55. The molecule has 9 rings (SSSR count). The minimum Gasteiger partial charge on any atom is -0.469 e. The summed E-state index contributed by atoms with van der Waals surface area (Å²) >= 11 is 0. The molecule has 5 heteroatoms. The van der Waals surface area contributed by atoms with Gasteiger partial charge in [-0.15, -0.1) is 11.6 Å². The molecule has 9 aromatic rings. The molecule has 0 bridgehead atoms. The van der Waals surface area contributed by atoms with Crippen LogP contribution in [0.5, 0.6) is 0 Å². The van der Waals surface area contributed by atoms with Gasteiger partial charge in [-0.3, -0.25) is 0 Å². The molecule has 3 heterocycles. The standard InChI is InChI=1S/C34H28NO.C26H32NSi.Ir/c1-22-19-23(2)33(30-21-27(17-18-35(30)4)24(3)25-11-7-5-8-12-25)34-32(22)29-20-28(15-16-31(29)36-34)26-13-9-6-10-14-26;1-8-19(2)24-17-25(27(4)18-26(24)28(5,6)7)23-15-14-22(16-20(23)3)21-12-10-9-11-13-21;/h5-21,24H,2,4H2,1,3H3;9-19H,3-4,8H2,1-2,5-7H3;/q2*-1;. The first-order chi connectivity index (χ1) is 30.7. The van der Waals surface area contributed by atoms with Crippen molar-refractivity contribution in [1.82, 2.24) is 0 Å². The molecule has 0 aliphatic heterocycles. The van der Waals surface area contributed by atoms with Crippen molar-refractivity contribution < 1.29 is 33.7 Å². The van der Waals surface area contributed by atoms with Gasteiger partial charge in [0.15, 0.2) is 0 Å². The third kappa shape index (κ3) is 9.60. The number of nitrogens with zero attached hydrogens (tertiary/aromatic N) is 2. The quantitative estimate of drug-likeness (QED) is 0.0802. The number of hydrogen-bond donors (Lipinski definition) is 0. The first-order valence-electron chi connectivity index (χ1n) is 22.4. The number of aryl methyl sites for hydroxylation is 1. The predicted molar refractivity (Wildman–Crippen MR) is 273 cm³/mol. The first-order valence-corrected chi connectivity index (χ1v) is 25.9. The first kappa shape index (κ1) is 46.7. The predicted octanol–water partition coefficient (Wildman–Crippen LogP) is 14.7. The zero-order valence-electron chi connectivity index (χ0n) is 38.9. The van der Waals surface area contributed by atoms with Crippen LogP contribution in [0.2, 0.25) is 19.6 Å². The van der Waals surface area contributed by atoms with E-state index in [0.717, 1.165) is 67.6 Å². The van der Waals surface area contributed by atoms with E-state index in [1.54, 1.807) is 0 Å². The molecule has 2 unspecified atom stereocenters. The van der Waals surface area contributed by atoms with E-state index in [-0.39, 0.29) is 26.0 Å². The van der Waals surface area contributed by atoms with Crippen molar-refractivity contribution in [2.75, 3.05) is 0 Å². The van der Waals surface area contributed by atoms with Gasteiger partial charge in [0.05, 0.1) is 37.4 Å². The largest absolute Gasteiger partial charge is 0.469 e. The van der Waals surface area contributed by atoms with Crippen molar-refractivity contribution in [1.29, 1.82) is 0 Å². The average Bonchev–Trinajstić information content (AvgIpc) is 3.69. The van der Waals surface area contributed by atoms with Gasteiger partial charge < -0.3 is 13.6 Å². The molecule has 1 radical (unpaired) electrons. The van der Waals surface area contributed by atoms with E-state index in [0.29, 0.717) is 5.92 Å². The van der Waals surface area contributed by atoms with Gasteiger partial charge >= 0.3 is 0 Å². The van der Waals surface area contributed by atoms with Crippen LogP contribution in [0.1, 0.15) is 72.4 Å². The summed E-state index contributed by atoms with van der Waals surface area (Å²) in [6.07, 6.45) is 5.45. The van der Waals surface area contributed by atoms with Crippen molar-refractivity contribution >= 4 is 35.2 Å².